The van der Waals surface area contributed by atoms with Crippen molar-refractivity contribution in [3.63, 3.8) is 0 Å². The summed E-state index contributed by atoms with van der Waals surface area (Å²) in [6.45, 7) is 1.96. The molecular formula is C16H15BrF2O. The molecule has 1 nitrogen and oxygen atoms in total. The standard InChI is InChI=1S/C16H15BrF2O/c1-10-3-4-11(8-16(10)20-2)14(17)7-12-5-6-13(18)9-15(12)19/h3-6,8-9,14H,7H2,1-2H3. The first kappa shape index (κ1) is 15.0. The van der Waals surface area contributed by atoms with E-state index in [0.717, 1.165) is 22.9 Å². The van der Waals surface area contributed by atoms with E-state index < -0.39 is 11.6 Å². The molecule has 2 rings (SSSR count). The van der Waals surface area contributed by atoms with Crippen molar-refractivity contribution in [2.45, 2.75) is 18.2 Å². The molecule has 106 valence electrons. The summed E-state index contributed by atoms with van der Waals surface area (Å²) >= 11 is 3.55. The van der Waals surface area contributed by atoms with Crippen molar-refractivity contribution in [3.05, 3.63) is 64.7 Å². The van der Waals surface area contributed by atoms with Gasteiger partial charge in [0.25, 0.3) is 0 Å². The third-order valence-corrected chi connectivity index (χ3v) is 4.06. The fourth-order valence-corrected chi connectivity index (χ4v) is 2.66. The lowest BCUT2D eigenvalue weighted by molar-refractivity contribution is 0.411. The smallest absolute Gasteiger partial charge is 0.129 e. The largest absolute Gasteiger partial charge is 0.496 e. The molecule has 0 aromatic heterocycles. The van der Waals surface area contributed by atoms with Crippen molar-refractivity contribution in [3.8, 4) is 5.75 Å². The summed E-state index contributed by atoms with van der Waals surface area (Å²) in [5.74, 6) is -0.283. The van der Waals surface area contributed by atoms with E-state index in [4.69, 9.17) is 4.74 Å². The second-order valence-electron chi connectivity index (χ2n) is 4.64. The molecule has 20 heavy (non-hydrogen) atoms. The minimum absolute atomic E-state index is 0.0584. The summed E-state index contributed by atoms with van der Waals surface area (Å²) in [6.07, 6.45) is 0.443. The summed E-state index contributed by atoms with van der Waals surface area (Å²) in [6, 6.07) is 9.52. The number of methoxy groups -OCH3 is 1. The van der Waals surface area contributed by atoms with Gasteiger partial charge < -0.3 is 4.74 Å². The Bertz CT molecular complexity index is 613. The topological polar surface area (TPSA) is 9.23 Å². The van der Waals surface area contributed by atoms with Gasteiger partial charge in [0.05, 0.1) is 7.11 Å². The molecule has 0 saturated carbocycles. The number of hydrogen-bond donors (Lipinski definition) is 0. The molecule has 0 aliphatic rings. The highest BCUT2D eigenvalue weighted by molar-refractivity contribution is 9.09. The van der Waals surface area contributed by atoms with Gasteiger partial charge in [-0.3, -0.25) is 0 Å². The maximum atomic E-state index is 13.7. The zero-order valence-corrected chi connectivity index (χ0v) is 12.9. The third-order valence-electron chi connectivity index (χ3n) is 3.21. The van der Waals surface area contributed by atoms with Gasteiger partial charge in [0.2, 0.25) is 0 Å². The fraction of sp³-hybridized carbons (Fsp3) is 0.250. The summed E-state index contributed by atoms with van der Waals surface area (Å²) in [5, 5.41) is 0. The lowest BCUT2D eigenvalue weighted by Crippen LogP contribution is -2.00. The van der Waals surface area contributed by atoms with Gasteiger partial charge in [0.1, 0.15) is 17.4 Å². The Hall–Kier alpha value is -1.42. The summed E-state index contributed by atoms with van der Waals surface area (Å²) in [4.78, 5) is -0.0584. The zero-order chi connectivity index (χ0) is 14.7. The van der Waals surface area contributed by atoms with Gasteiger partial charge in [0, 0.05) is 10.9 Å². The molecule has 1 unspecified atom stereocenters. The molecule has 0 N–H and O–H groups in total. The van der Waals surface area contributed by atoms with Crippen molar-refractivity contribution in [2.24, 2.45) is 0 Å². The van der Waals surface area contributed by atoms with E-state index in [0.29, 0.717) is 12.0 Å². The minimum Gasteiger partial charge on any atom is -0.496 e. The Morgan fingerprint density at radius 1 is 1.15 bits per heavy atom. The van der Waals surface area contributed by atoms with Crippen LogP contribution in [0.15, 0.2) is 36.4 Å². The van der Waals surface area contributed by atoms with Crippen molar-refractivity contribution in [2.75, 3.05) is 7.11 Å². The second-order valence-corrected chi connectivity index (χ2v) is 5.74. The van der Waals surface area contributed by atoms with Crippen LogP contribution in [0.25, 0.3) is 0 Å². The van der Waals surface area contributed by atoms with Crippen LogP contribution in [0, 0.1) is 18.6 Å². The first-order valence-corrected chi connectivity index (χ1v) is 7.15. The van der Waals surface area contributed by atoms with Crippen LogP contribution < -0.4 is 4.74 Å². The summed E-state index contributed by atoms with van der Waals surface area (Å²) in [7, 11) is 1.62. The van der Waals surface area contributed by atoms with Crippen LogP contribution in [-0.2, 0) is 6.42 Å². The molecule has 2 aromatic carbocycles. The van der Waals surface area contributed by atoms with Crippen LogP contribution in [0.5, 0.6) is 5.75 Å². The third kappa shape index (κ3) is 3.37. The maximum Gasteiger partial charge on any atom is 0.129 e. The average molecular weight is 341 g/mol. The van der Waals surface area contributed by atoms with Crippen molar-refractivity contribution >= 4 is 15.9 Å². The highest BCUT2D eigenvalue weighted by atomic mass is 79.9. The van der Waals surface area contributed by atoms with Gasteiger partial charge in [-0.1, -0.05) is 34.1 Å². The van der Waals surface area contributed by atoms with Gasteiger partial charge in [-0.25, -0.2) is 8.78 Å². The molecule has 4 heteroatoms. The van der Waals surface area contributed by atoms with Crippen LogP contribution in [0.3, 0.4) is 0 Å². The molecule has 0 spiro atoms. The van der Waals surface area contributed by atoms with E-state index in [1.807, 2.05) is 25.1 Å². The Kier molecular flexibility index (Phi) is 4.76. The van der Waals surface area contributed by atoms with Crippen LogP contribution in [0.4, 0.5) is 8.78 Å². The number of benzene rings is 2. The predicted molar refractivity (Wildman–Crippen MR) is 79.5 cm³/mol. The van der Waals surface area contributed by atoms with Crippen molar-refractivity contribution < 1.29 is 13.5 Å². The number of ether oxygens (including phenoxy) is 1. The van der Waals surface area contributed by atoms with Gasteiger partial charge in [-0.15, -0.1) is 0 Å². The van der Waals surface area contributed by atoms with Crippen LogP contribution in [0.2, 0.25) is 0 Å². The Morgan fingerprint density at radius 2 is 1.90 bits per heavy atom. The highest BCUT2D eigenvalue weighted by Gasteiger charge is 2.13. The first-order valence-electron chi connectivity index (χ1n) is 6.24. The Balaban J connectivity index is 2.21. The molecule has 0 bridgehead atoms. The van der Waals surface area contributed by atoms with E-state index in [1.165, 1.54) is 12.1 Å². The maximum absolute atomic E-state index is 13.7. The quantitative estimate of drug-likeness (QED) is 0.714. The monoisotopic (exact) mass is 340 g/mol. The minimum atomic E-state index is -0.561. The molecular weight excluding hydrogens is 326 g/mol. The first-order chi connectivity index (χ1) is 9.51. The number of aryl methyl sites for hydroxylation is 1. The molecule has 0 radical (unpaired) electrons. The van der Waals surface area contributed by atoms with E-state index in [9.17, 15) is 8.78 Å². The van der Waals surface area contributed by atoms with E-state index in [-0.39, 0.29) is 4.83 Å². The van der Waals surface area contributed by atoms with Crippen LogP contribution in [-0.4, -0.2) is 7.11 Å². The number of rotatable bonds is 4. The molecule has 0 amide bonds. The average Bonchev–Trinajstić information content (AvgIpc) is 2.42. The fourth-order valence-electron chi connectivity index (χ4n) is 2.03. The highest BCUT2D eigenvalue weighted by Crippen LogP contribution is 2.31. The molecule has 0 aliphatic carbocycles. The second kappa shape index (κ2) is 6.35. The Morgan fingerprint density at radius 3 is 2.55 bits per heavy atom. The van der Waals surface area contributed by atoms with Crippen LogP contribution >= 0.6 is 15.9 Å². The van der Waals surface area contributed by atoms with Gasteiger partial charge in [-0.05, 0) is 42.2 Å². The molecule has 0 heterocycles. The van der Waals surface area contributed by atoms with Gasteiger partial charge in [-0.2, -0.15) is 0 Å². The zero-order valence-electron chi connectivity index (χ0n) is 11.3. The lowest BCUT2D eigenvalue weighted by Gasteiger charge is -2.13. The molecule has 1 atom stereocenters. The summed E-state index contributed by atoms with van der Waals surface area (Å²) in [5.41, 5.74) is 2.52. The van der Waals surface area contributed by atoms with Gasteiger partial charge >= 0.3 is 0 Å². The summed E-state index contributed by atoms with van der Waals surface area (Å²) < 4.78 is 31.8. The lowest BCUT2D eigenvalue weighted by atomic mass is 10.0. The molecule has 0 aliphatic heterocycles. The van der Waals surface area contributed by atoms with E-state index >= 15 is 0 Å². The number of alkyl halides is 1. The SMILES string of the molecule is COc1cc(C(Br)Cc2ccc(F)cc2F)ccc1C. The number of halogens is 3. The Labute approximate surface area is 125 Å². The van der Waals surface area contributed by atoms with E-state index in [1.54, 1.807) is 7.11 Å². The van der Waals surface area contributed by atoms with Crippen LogP contribution in [0.1, 0.15) is 21.5 Å². The van der Waals surface area contributed by atoms with Crippen molar-refractivity contribution in [1.82, 2.24) is 0 Å². The number of hydrogen-bond acceptors (Lipinski definition) is 1. The van der Waals surface area contributed by atoms with Gasteiger partial charge in [0.15, 0.2) is 0 Å². The van der Waals surface area contributed by atoms with E-state index in [2.05, 4.69) is 15.9 Å². The molecule has 2 aromatic rings. The normalized spacial score (nSPS) is 12.2. The molecule has 0 saturated heterocycles. The molecule has 0 fully saturated rings. The van der Waals surface area contributed by atoms with Crippen molar-refractivity contribution in [1.29, 1.82) is 0 Å². The predicted octanol–water partition coefficient (Wildman–Crippen LogP) is 4.96.